The fraction of sp³-hybridized carbons (Fsp3) is 0.500. The van der Waals surface area contributed by atoms with Gasteiger partial charge in [0.15, 0.2) is 5.96 Å². The van der Waals surface area contributed by atoms with E-state index in [2.05, 4.69) is 26.0 Å². The second kappa shape index (κ2) is 6.38. The average Bonchev–Trinajstić information content (AvgIpc) is 2.70. The third kappa shape index (κ3) is 4.94. The highest BCUT2D eigenvalue weighted by molar-refractivity contribution is 5.78. The topological polar surface area (TPSA) is 133 Å². The van der Waals surface area contributed by atoms with Gasteiger partial charge in [0.05, 0.1) is 5.69 Å². The van der Waals surface area contributed by atoms with Gasteiger partial charge in [-0.2, -0.15) is 0 Å². The first-order valence-corrected chi connectivity index (χ1v) is 4.88. The highest BCUT2D eigenvalue weighted by Gasteiger charge is 2.01. The zero-order valence-corrected chi connectivity index (χ0v) is 8.79. The third-order valence-corrected chi connectivity index (χ3v) is 1.84. The molecule has 0 aliphatic heterocycles. The van der Waals surface area contributed by atoms with Crippen molar-refractivity contribution >= 4 is 11.9 Å². The summed E-state index contributed by atoms with van der Waals surface area (Å²) in [6.45, 7) is 0.885. The summed E-state index contributed by atoms with van der Waals surface area (Å²) in [6, 6.07) is 0. The molecule has 0 saturated heterocycles. The molecule has 0 aliphatic carbocycles. The normalized spacial score (nSPS) is 9.75. The summed E-state index contributed by atoms with van der Waals surface area (Å²) >= 11 is 0. The van der Waals surface area contributed by atoms with E-state index in [0.29, 0.717) is 25.9 Å². The number of aromatic nitrogens is 3. The van der Waals surface area contributed by atoms with Crippen molar-refractivity contribution in [3.63, 3.8) is 0 Å². The predicted octanol–water partition coefficient (Wildman–Crippen LogP) is -1.66. The van der Waals surface area contributed by atoms with E-state index >= 15 is 0 Å². The van der Waals surface area contributed by atoms with Crippen molar-refractivity contribution in [3.8, 4) is 0 Å². The highest BCUT2D eigenvalue weighted by atomic mass is 16.1. The lowest BCUT2D eigenvalue weighted by molar-refractivity contribution is -0.120. The van der Waals surface area contributed by atoms with Gasteiger partial charge in [-0.25, -0.2) is 0 Å². The lowest BCUT2D eigenvalue weighted by atomic mass is 10.3. The molecular formula is C8H15N7O. The Morgan fingerprint density at radius 1 is 1.50 bits per heavy atom. The molecule has 0 bridgehead atoms. The summed E-state index contributed by atoms with van der Waals surface area (Å²) in [5.41, 5.74) is 5.87. The molecule has 0 atom stereocenters. The van der Waals surface area contributed by atoms with Crippen LogP contribution in [0, 0.1) is 5.41 Å². The van der Waals surface area contributed by atoms with Crippen molar-refractivity contribution in [3.05, 3.63) is 11.9 Å². The zero-order chi connectivity index (χ0) is 11.8. The van der Waals surface area contributed by atoms with E-state index in [4.69, 9.17) is 11.1 Å². The molecule has 0 spiro atoms. The number of rotatable bonds is 6. The molecule has 1 heterocycles. The Morgan fingerprint density at radius 2 is 2.31 bits per heavy atom. The van der Waals surface area contributed by atoms with E-state index in [9.17, 15) is 4.79 Å². The van der Waals surface area contributed by atoms with Crippen molar-refractivity contribution in [2.24, 2.45) is 5.73 Å². The maximum Gasteiger partial charge on any atom is 0.221 e. The van der Waals surface area contributed by atoms with Crippen LogP contribution in [0.5, 0.6) is 0 Å². The standard InChI is InChI=1S/C8H15N7O/c9-8(10)12-4-2-7(16)11-3-1-6-5-13-15-14-6/h5H,1-4H2,(H,11,16)(H4,9,10,12)(H,13,14,15). The second-order valence-electron chi connectivity index (χ2n) is 3.16. The summed E-state index contributed by atoms with van der Waals surface area (Å²) in [5, 5.41) is 22.1. The van der Waals surface area contributed by atoms with Crippen LogP contribution in [0.2, 0.25) is 0 Å². The lowest BCUT2D eigenvalue weighted by Crippen LogP contribution is -2.34. The second-order valence-corrected chi connectivity index (χ2v) is 3.16. The summed E-state index contributed by atoms with van der Waals surface area (Å²) in [5.74, 6) is -0.215. The lowest BCUT2D eigenvalue weighted by Gasteiger charge is -2.04. The van der Waals surface area contributed by atoms with Gasteiger partial charge >= 0.3 is 0 Å². The molecule has 0 fully saturated rings. The molecule has 1 aromatic rings. The number of hydrogen-bond donors (Lipinski definition) is 5. The number of amides is 1. The average molecular weight is 225 g/mol. The Labute approximate surface area is 92.5 Å². The minimum absolute atomic E-state index is 0.0859. The molecule has 0 radical (unpaired) electrons. The van der Waals surface area contributed by atoms with E-state index in [-0.39, 0.29) is 11.9 Å². The number of nitrogens with two attached hydrogens (primary N) is 1. The van der Waals surface area contributed by atoms with Crippen LogP contribution < -0.4 is 16.4 Å². The largest absolute Gasteiger partial charge is 0.370 e. The summed E-state index contributed by atoms with van der Waals surface area (Å²) in [4.78, 5) is 11.2. The van der Waals surface area contributed by atoms with Crippen LogP contribution in [0.15, 0.2) is 6.20 Å². The van der Waals surface area contributed by atoms with Gasteiger partial charge < -0.3 is 16.4 Å². The van der Waals surface area contributed by atoms with E-state index in [1.165, 1.54) is 0 Å². The van der Waals surface area contributed by atoms with Crippen LogP contribution in [0.4, 0.5) is 0 Å². The zero-order valence-electron chi connectivity index (χ0n) is 8.79. The molecule has 0 saturated carbocycles. The molecular weight excluding hydrogens is 210 g/mol. The van der Waals surface area contributed by atoms with Crippen LogP contribution in [0.1, 0.15) is 12.1 Å². The number of nitrogens with one attached hydrogen (secondary N) is 4. The highest BCUT2D eigenvalue weighted by Crippen LogP contribution is 1.88. The van der Waals surface area contributed by atoms with E-state index < -0.39 is 0 Å². The maximum atomic E-state index is 11.2. The monoisotopic (exact) mass is 225 g/mol. The summed E-state index contributed by atoms with van der Waals surface area (Å²) < 4.78 is 0. The first-order chi connectivity index (χ1) is 7.68. The van der Waals surface area contributed by atoms with Crippen molar-refractivity contribution in [1.29, 1.82) is 5.41 Å². The van der Waals surface area contributed by atoms with Crippen LogP contribution in [0.25, 0.3) is 0 Å². The van der Waals surface area contributed by atoms with Crippen LogP contribution >= 0.6 is 0 Å². The van der Waals surface area contributed by atoms with Gasteiger partial charge in [0, 0.05) is 32.1 Å². The van der Waals surface area contributed by atoms with Gasteiger partial charge in [-0.05, 0) is 0 Å². The van der Waals surface area contributed by atoms with E-state index in [0.717, 1.165) is 5.69 Å². The molecule has 16 heavy (non-hydrogen) atoms. The Balaban J connectivity index is 2.04. The van der Waals surface area contributed by atoms with Crippen molar-refractivity contribution in [1.82, 2.24) is 26.0 Å². The molecule has 6 N–H and O–H groups in total. The van der Waals surface area contributed by atoms with Gasteiger partial charge in [0.25, 0.3) is 0 Å². The number of carbonyl (C=O) groups is 1. The van der Waals surface area contributed by atoms with Gasteiger partial charge in [-0.3, -0.25) is 15.3 Å². The van der Waals surface area contributed by atoms with E-state index in [1.54, 1.807) is 6.20 Å². The molecule has 88 valence electrons. The number of H-pyrrole nitrogens is 1. The molecule has 0 unspecified atom stereocenters. The molecule has 1 rings (SSSR count). The van der Waals surface area contributed by atoms with Crippen molar-refractivity contribution < 1.29 is 4.79 Å². The van der Waals surface area contributed by atoms with Crippen molar-refractivity contribution in [2.45, 2.75) is 12.8 Å². The molecule has 1 aromatic heterocycles. The third-order valence-electron chi connectivity index (χ3n) is 1.84. The molecule has 8 heteroatoms. The number of aromatic amines is 1. The first kappa shape index (κ1) is 12.0. The number of nitrogens with zero attached hydrogens (tertiary/aromatic N) is 2. The van der Waals surface area contributed by atoms with Crippen LogP contribution in [-0.2, 0) is 11.2 Å². The fourth-order valence-electron chi connectivity index (χ4n) is 1.08. The van der Waals surface area contributed by atoms with Crippen molar-refractivity contribution in [2.75, 3.05) is 13.1 Å². The SMILES string of the molecule is N=C(N)NCCC(=O)NCCc1c[nH]nn1. The Morgan fingerprint density at radius 3 is 2.94 bits per heavy atom. The predicted molar refractivity (Wildman–Crippen MR) is 57.6 cm³/mol. The number of hydrogen-bond acceptors (Lipinski definition) is 4. The van der Waals surface area contributed by atoms with Gasteiger partial charge in [-0.15, -0.1) is 5.10 Å². The Bertz CT molecular complexity index is 334. The minimum Gasteiger partial charge on any atom is -0.370 e. The summed E-state index contributed by atoms with van der Waals surface area (Å²) in [6.07, 6.45) is 2.62. The quantitative estimate of drug-likeness (QED) is 0.292. The van der Waals surface area contributed by atoms with E-state index in [1.807, 2.05) is 0 Å². The van der Waals surface area contributed by atoms with Gasteiger partial charge in [0.2, 0.25) is 5.91 Å². The molecule has 8 nitrogen and oxygen atoms in total. The van der Waals surface area contributed by atoms with Gasteiger partial charge in [-0.1, -0.05) is 5.21 Å². The van der Waals surface area contributed by atoms with Gasteiger partial charge in [0.1, 0.15) is 0 Å². The Hall–Kier alpha value is -2.12. The molecule has 0 aromatic carbocycles. The molecule has 1 amide bonds. The first-order valence-electron chi connectivity index (χ1n) is 4.88. The number of guanidine groups is 1. The fourth-order valence-corrected chi connectivity index (χ4v) is 1.08. The summed E-state index contributed by atoms with van der Waals surface area (Å²) in [7, 11) is 0. The maximum absolute atomic E-state index is 11.2. The number of carbonyl (C=O) groups excluding carboxylic acids is 1. The smallest absolute Gasteiger partial charge is 0.221 e. The van der Waals surface area contributed by atoms with Crippen LogP contribution in [-0.4, -0.2) is 40.4 Å². The molecule has 0 aliphatic rings. The Kier molecular flexibility index (Phi) is 4.77. The minimum atomic E-state index is -0.129. The van der Waals surface area contributed by atoms with Crippen LogP contribution in [0.3, 0.4) is 0 Å².